The Balaban J connectivity index is 2.70. The van der Waals surface area contributed by atoms with E-state index in [1.54, 1.807) is 20.9 Å². The van der Waals surface area contributed by atoms with Crippen LogP contribution in [0.3, 0.4) is 0 Å². The van der Waals surface area contributed by atoms with Crippen LogP contribution in [0.4, 0.5) is 17.6 Å². The maximum atomic E-state index is 14.5. The van der Waals surface area contributed by atoms with Gasteiger partial charge in [-0.25, -0.2) is 13.8 Å². The highest BCUT2D eigenvalue weighted by Crippen LogP contribution is 2.31. The van der Waals surface area contributed by atoms with Crippen molar-refractivity contribution in [3.63, 3.8) is 0 Å². The molecular formula is C17H16BrF4N3O3. The lowest BCUT2D eigenvalue weighted by Crippen LogP contribution is -2.41. The van der Waals surface area contributed by atoms with Crippen molar-refractivity contribution >= 4 is 21.6 Å². The predicted molar refractivity (Wildman–Crippen MR) is 99.1 cm³/mol. The highest BCUT2D eigenvalue weighted by Gasteiger charge is 2.35. The van der Waals surface area contributed by atoms with Gasteiger partial charge in [0.2, 0.25) is 0 Å². The molecule has 0 saturated heterocycles. The zero-order valence-corrected chi connectivity index (χ0v) is 16.9. The summed E-state index contributed by atoms with van der Waals surface area (Å²) in [6, 6.07) is 2.26. The van der Waals surface area contributed by atoms with Crippen molar-refractivity contribution in [1.29, 1.82) is 0 Å². The lowest BCUT2D eigenvalue weighted by atomic mass is 10.2. The van der Waals surface area contributed by atoms with Crippen LogP contribution in [0, 0.1) is 5.82 Å². The summed E-state index contributed by atoms with van der Waals surface area (Å²) in [6.07, 6.45) is -5.42. The quantitative estimate of drug-likeness (QED) is 0.513. The van der Waals surface area contributed by atoms with Gasteiger partial charge in [0.15, 0.2) is 0 Å². The minimum atomic E-state index is -4.91. The van der Waals surface area contributed by atoms with Crippen molar-refractivity contribution in [1.82, 2.24) is 9.13 Å². The van der Waals surface area contributed by atoms with Crippen molar-refractivity contribution in [2.45, 2.75) is 26.1 Å². The Morgan fingerprint density at radius 2 is 1.86 bits per heavy atom. The Morgan fingerprint density at radius 1 is 1.25 bits per heavy atom. The van der Waals surface area contributed by atoms with Gasteiger partial charge in [0.25, 0.3) is 5.56 Å². The van der Waals surface area contributed by atoms with Crippen LogP contribution in [-0.2, 0) is 13.2 Å². The minimum Gasteiger partial charge on any atom is -0.484 e. The lowest BCUT2D eigenvalue weighted by Gasteiger charge is -2.18. The lowest BCUT2D eigenvalue weighted by molar-refractivity contribution is -0.144. The number of hydrogen-bond acceptors (Lipinski definition) is 4. The zero-order chi connectivity index (χ0) is 21.4. The molecule has 1 aromatic heterocycles. The van der Waals surface area contributed by atoms with Gasteiger partial charge in [-0.1, -0.05) is 0 Å². The monoisotopic (exact) mass is 465 g/mol. The number of aliphatic imine (C=N–C) groups is 1. The second kappa shape index (κ2) is 7.90. The highest BCUT2D eigenvalue weighted by molar-refractivity contribution is 9.10. The summed E-state index contributed by atoms with van der Waals surface area (Å²) < 4.78 is 59.8. The highest BCUT2D eigenvalue weighted by atomic mass is 79.9. The molecule has 28 heavy (non-hydrogen) atoms. The molecule has 0 fully saturated rings. The number of rotatable bonds is 4. The van der Waals surface area contributed by atoms with Crippen molar-refractivity contribution in [3.8, 4) is 11.4 Å². The summed E-state index contributed by atoms with van der Waals surface area (Å²) >= 11 is 3.12. The molecule has 152 valence electrons. The number of nitrogens with zero attached hydrogens (tertiary/aromatic N) is 3. The van der Waals surface area contributed by atoms with Crippen LogP contribution >= 0.6 is 15.9 Å². The van der Waals surface area contributed by atoms with E-state index in [0.29, 0.717) is 10.3 Å². The molecule has 0 radical (unpaired) electrons. The topological polar surface area (TPSA) is 65.6 Å². The number of halogens is 5. The summed E-state index contributed by atoms with van der Waals surface area (Å²) in [5.74, 6) is -0.910. The molecule has 1 atom stereocenters. The Bertz CT molecular complexity index is 1060. The predicted octanol–water partition coefficient (Wildman–Crippen LogP) is 3.31. The van der Waals surface area contributed by atoms with Crippen molar-refractivity contribution in [2.75, 3.05) is 7.05 Å². The maximum absolute atomic E-state index is 14.5. The molecule has 1 heterocycles. The van der Waals surface area contributed by atoms with Crippen LogP contribution in [0.1, 0.15) is 19.5 Å². The van der Waals surface area contributed by atoms with E-state index in [1.165, 1.54) is 0 Å². The van der Waals surface area contributed by atoms with Gasteiger partial charge in [0.1, 0.15) is 23.4 Å². The van der Waals surface area contributed by atoms with E-state index in [-0.39, 0.29) is 20.9 Å². The van der Waals surface area contributed by atoms with Crippen molar-refractivity contribution in [3.05, 3.63) is 55.0 Å². The zero-order valence-electron chi connectivity index (χ0n) is 15.3. The first-order chi connectivity index (χ1) is 12.9. The summed E-state index contributed by atoms with van der Waals surface area (Å²) in [5.41, 5.74) is -4.00. The summed E-state index contributed by atoms with van der Waals surface area (Å²) in [4.78, 5) is 28.5. The van der Waals surface area contributed by atoms with E-state index in [4.69, 9.17) is 4.74 Å². The third kappa shape index (κ3) is 4.18. The molecular weight excluding hydrogens is 450 g/mol. The van der Waals surface area contributed by atoms with E-state index in [0.717, 1.165) is 19.2 Å². The molecule has 0 amide bonds. The molecule has 0 aliphatic rings. The van der Waals surface area contributed by atoms with Gasteiger partial charge in [-0.05, 0) is 35.8 Å². The first-order valence-electron chi connectivity index (χ1n) is 7.88. The van der Waals surface area contributed by atoms with Crippen LogP contribution < -0.4 is 16.0 Å². The van der Waals surface area contributed by atoms with Crippen molar-refractivity contribution in [2.24, 2.45) is 12.0 Å². The van der Waals surface area contributed by atoms with E-state index in [1.807, 2.05) is 0 Å². The Kier molecular flexibility index (Phi) is 6.17. The minimum absolute atomic E-state index is 0.0840. The second-order valence-corrected chi connectivity index (χ2v) is 6.76. The standard InChI is InChI=1S/C17H16BrF4N3O3/c1-8(23-3)9(2)28-13-6-12(11(19)5-10(13)18)25-15(26)7-14(17(20,21)22)24(4)16(25)27/h5-7,9H,1-4H3. The fourth-order valence-corrected chi connectivity index (χ4v) is 2.77. The van der Waals surface area contributed by atoms with Gasteiger partial charge in [0.05, 0.1) is 10.2 Å². The average Bonchev–Trinajstić information content (AvgIpc) is 2.59. The molecule has 0 N–H and O–H groups in total. The molecule has 0 bridgehead atoms. The van der Waals surface area contributed by atoms with Gasteiger partial charge in [-0.15, -0.1) is 0 Å². The van der Waals surface area contributed by atoms with Crippen LogP contribution in [0.15, 0.2) is 37.3 Å². The largest absolute Gasteiger partial charge is 0.484 e. The van der Waals surface area contributed by atoms with Crippen LogP contribution in [0.2, 0.25) is 0 Å². The molecule has 0 spiro atoms. The van der Waals surface area contributed by atoms with E-state index in [9.17, 15) is 27.2 Å². The number of alkyl halides is 3. The second-order valence-electron chi connectivity index (χ2n) is 5.90. The molecule has 0 saturated carbocycles. The summed E-state index contributed by atoms with van der Waals surface area (Å²) in [6.45, 7) is 3.39. The molecule has 0 aliphatic carbocycles. The van der Waals surface area contributed by atoms with Gasteiger partial charge < -0.3 is 4.74 Å². The molecule has 2 aromatic rings. The van der Waals surface area contributed by atoms with Crippen LogP contribution in [-0.4, -0.2) is 28.0 Å². The Labute approximate surface area is 165 Å². The van der Waals surface area contributed by atoms with Crippen LogP contribution in [0.25, 0.3) is 5.69 Å². The first kappa shape index (κ1) is 21.9. The maximum Gasteiger partial charge on any atom is 0.431 e. The third-order valence-electron chi connectivity index (χ3n) is 4.10. The molecule has 2 rings (SSSR count). The Hall–Kier alpha value is -2.43. The molecule has 0 aliphatic heterocycles. The van der Waals surface area contributed by atoms with Gasteiger partial charge >= 0.3 is 11.9 Å². The van der Waals surface area contributed by atoms with E-state index in [2.05, 4.69) is 20.9 Å². The fourth-order valence-electron chi connectivity index (χ4n) is 2.36. The van der Waals surface area contributed by atoms with Crippen molar-refractivity contribution < 1.29 is 22.3 Å². The van der Waals surface area contributed by atoms with E-state index >= 15 is 0 Å². The Morgan fingerprint density at radius 3 is 2.39 bits per heavy atom. The number of hydrogen-bond donors (Lipinski definition) is 0. The number of benzene rings is 1. The summed E-state index contributed by atoms with van der Waals surface area (Å²) in [5, 5.41) is 0. The number of aromatic nitrogens is 2. The van der Waals surface area contributed by atoms with Crippen LogP contribution in [0.5, 0.6) is 5.75 Å². The smallest absolute Gasteiger partial charge is 0.431 e. The average molecular weight is 466 g/mol. The van der Waals surface area contributed by atoms with Gasteiger partial charge in [-0.3, -0.25) is 14.4 Å². The van der Waals surface area contributed by atoms with E-state index < -0.39 is 40.7 Å². The summed E-state index contributed by atoms with van der Waals surface area (Å²) in [7, 11) is 2.41. The molecule has 11 heteroatoms. The normalized spacial score (nSPS) is 13.5. The van der Waals surface area contributed by atoms with Gasteiger partial charge in [0, 0.05) is 31.9 Å². The number of ether oxygens (including phenoxy) is 1. The molecule has 1 unspecified atom stereocenters. The van der Waals surface area contributed by atoms with Gasteiger partial charge in [-0.2, -0.15) is 13.2 Å². The third-order valence-corrected chi connectivity index (χ3v) is 4.72. The molecule has 1 aromatic carbocycles. The SMILES string of the molecule is CN=C(C)C(C)Oc1cc(-n2c(=O)cc(C(F)(F)F)n(C)c2=O)c(F)cc1Br. The first-order valence-corrected chi connectivity index (χ1v) is 8.67. The molecule has 6 nitrogen and oxygen atoms in total. The fraction of sp³-hybridized carbons (Fsp3) is 0.353.